The van der Waals surface area contributed by atoms with Gasteiger partial charge >= 0.3 is 0 Å². The smallest absolute Gasteiger partial charge is 0.122 e. The highest BCUT2D eigenvalue weighted by Crippen LogP contribution is 2.21. The Hall–Kier alpha value is -0.980. The van der Waals surface area contributed by atoms with Gasteiger partial charge in [0.05, 0.1) is 6.61 Å². The van der Waals surface area contributed by atoms with E-state index in [1.54, 1.807) is 0 Å². The molecule has 0 heterocycles. The molecule has 1 heteroatoms. The molecule has 0 aromatic heterocycles. The van der Waals surface area contributed by atoms with Crippen molar-refractivity contribution in [2.24, 2.45) is 0 Å². The first-order valence-electron chi connectivity index (χ1n) is 6.06. The highest BCUT2D eigenvalue weighted by Gasteiger charge is 2.02. The van der Waals surface area contributed by atoms with E-state index in [9.17, 15) is 0 Å². The summed E-state index contributed by atoms with van der Waals surface area (Å²) in [6.45, 7) is 7.40. The zero-order chi connectivity index (χ0) is 11.1. The van der Waals surface area contributed by atoms with Crippen molar-refractivity contribution in [1.82, 2.24) is 0 Å². The van der Waals surface area contributed by atoms with E-state index in [1.807, 2.05) is 0 Å². The van der Waals surface area contributed by atoms with E-state index in [0.29, 0.717) is 0 Å². The Bertz CT molecular complexity index is 291. The molecule has 0 unspecified atom stereocenters. The summed E-state index contributed by atoms with van der Waals surface area (Å²) in [5.41, 5.74) is 2.74. The second-order valence-corrected chi connectivity index (χ2v) is 3.85. The number of hydrogen-bond donors (Lipinski definition) is 0. The SMILES string of the molecule is CCCCOc1ccc(CC)cc1CC. The predicted octanol–water partition coefficient (Wildman–Crippen LogP) is 3.99. The minimum atomic E-state index is 0.842. The lowest BCUT2D eigenvalue weighted by atomic mass is 10.1. The number of benzene rings is 1. The van der Waals surface area contributed by atoms with E-state index in [0.717, 1.165) is 31.6 Å². The standard InChI is InChI=1S/C14H22O/c1-4-7-10-15-14-9-8-12(5-2)11-13(14)6-3/h8-9,11H,4-7,10H2,1-3H3. The predicted molar refractivity (Wildman–Crippen MR) is 65.6 cm³/mol. The van der Waals surface area contributed by atoms with Gasteiger partial charge < -0.3 is 4.74 Å². The Morgan fingerprint density at radius 1 is 1.07 bits per heavy atom. The van der Waals surface area contributed by atoms with Crippen LogP contribution in [-0.2, 0) is 12.8 Å². The molecule has 0 atom stereocenters. The van der Waals surface area contributed by atoms with Crippen LogP contribution in [0.4, 0.5) is 0 Å². The van der Waals surface area contributed by atoms with Gasteiger partial charge in [-0.05, 0) is 36.5 Å². The summed E-state index contributed by atoms with van der Waals surface area (Å²) >= 11 is 0. The molecule has 1 aromatic carbocycles. The zero-order valence-corrected chi connectivity index (χ0v) is 10.2. The van der Waals surface area contributed by atoms with E-state index in [1.165, 1.54) is 17.5 Å². The minimum absolute atomic E-state index is 0.842. The third-order valence-electron chi connectivity index (χ3n) is 2.67. The fourth-order valence-corrected chi connectivity index (χ4v) is 1.60. The second-order valence-electron chi connectivity index (χ2n) is 3.85. The van der Waals surface area contributed by atoms with Crippen molar-refractivity contribution in [2.45, 2.75) is 46.5 Å². The molecule has 0 aliphatic carbocycles. The molecular formula is C14H22O. The topological polar surface area (TPSA) is 9.23 Å². The largest absolute Gasteiger partial charge is 0.493 e. The Morgan fingerprint density at radius 2 is 1.87 bits per heavy atom. The molecule has 1 nitrogen and oxygen atoms in total. The Balaban J connectivity index is 2.69. The molecule has 0 spiro atoms. The quantitative estimate of drug-likeness (QED) is 0.639. The molecule has 1 aromatic rings. The van der Waals surface area contributed by atoms with Crippen LogP contribution in [0.5, 0.6) is 5.75 Å². The van der Waals surface area contributed by atoms with Crippen molar-refractivity contribution in [3.05, 3.63) is 29.3 Å². The minimum Gasteiger partial charge on any atom is -0.493 e. The first-order valence-corrected chi connectivity index (χ1v) is 6.06. The van der Waals surface area contributed by atoms with Gasteiger partial charge in [0.1, 0.15) is 5.75 Å². The van der Waals surface area contributed by atoms with Gasteiger partial charge in [0, 0.05) is 0 Å². The van der Waals surface area contributed by atoms with E-state index in [2.05, 4.69) is 39.0 Å². The third-order valence-corrected chi connectivity index (χ3v) is 2.67. The molecular weight excluding hydrogens is 184 g/mol. The fraction of sp³-hybridized carbons (Fsp3) is 0.571. The van der Waals surface area contributed by atoms with Crippen molar-refractivity contribution >= 4 is 0 Å². The van der Waals surface area contributed by atoms with Gasteiger partial charge in [0.2, 0.25) is 0 Å². The molecule has 0 saturated carbocycles. The first kappa shape index (κ1) is 12.1. The van der Waals surface area contributed by atoms with Crippen LogP contribution in [0.3, 0.4) is 0 Å². The van der Waals surface area contributed by atoms with Gasteiger partial charge in [-0.3, -0.25) is 0 Å². The van der Waals surface area contributed by atoms with Crippen LogP contribution < -0.4 is 4.74 Å². The molecule has 0 aliphatic rings. The maximum Gasteiger partial charge on any atom is 0.122 e. The Morgan fingerprint density at radius 3 is 2.47 bits per heavy atom. The van der Waals surface area contributed by atoms with Crippen LogP contribution in [0, 0.1) is 0 Å². The molecule has 0 amide bonds. The molecule has 0 saturated heterocycles. The summed E-state index contributed by atoms with van der Waals surface area (Å²) in [7, 11) is 0. The zero-order valence-electron chi connectivity index (χ0n) is 10.2. The maximum atomic E-state index is 5.77. The summed E-state index contributed by atoms with van der Waals surface area (Å²) in [5.74, 6) is 1.07. The summed E-state index contributed by atoms with van der Waals surface area (Å²) in [6, 6.07) is 6.55. The molecule has 0 bridgehead atoms. The van der Waals surface area contributed by atoms with E-state index >= 15 is 0 Å². The van der Waals surface area contributed by atoms with E-state index in [4.69, 9.17) is 4.74 Å². The van der Waals surface area contributed by atoms with Gasteiger partial charge in [0.15, 0.2) is 0 Å². The molecule has 0 aliphatic heterocycles. The third kappa shape index (κ3) is 3.58. The van der Waals surface area contributed by atoms with Gasteiger partial charge in [-0.1, -0.05) is 39.3 Å². The fourth-order valence-electron chi connectivity index (χ4n) is 1.60. The summed E-state index contributed by atoms with van der Waals surface area (Å²) < 4.78 is 5.77. The molecule has 0 N–H and O–H groups in total. The Labute approximate surface area is 93.5 Å². The number of hydrogen-bond acceptors (Lipinski definition) is 1. The molecule has 15 heavy (non-hydrogen) atoms. The lowest BCUT2D eigenvalue weighted by molar-refractivity contribution is 0.306. The normalized spacial score (nSPS) is 10.3. The monoisotopic (exact) mass is 206 g/mol. The summed E-state index contributed by atoms with van der Waals surface area (Å²) in [4.78, 5) is 0. The lowest BCUT2D eigenvalue weighted by Gasteiger charge is -2.11. The average molecular weight is 206 g/mol. The molecule has 0 fully saturated rings. The second kappa shape index (κ2) is 6.49. The van der Waals surface area contributed by atoms with E-state index in [-0.39, 0.29) is 0 Å². The summed E-state index contributed by atoms with van der Waals surface area (Å²) in [5, 5.41) is 0. The van der Waals surface area contributed by atoms with Gasteiger partial charge in [-0.2, -0.15) is 0 Å². The van der Waals surface area contributed by atoms with Gasteiger partial charge in [0.25, 0.3) is 0 Å². The van der Waals surface area contributed by atoms with E-state index < -0.39 is 0 Å². The molecule has 0 radical (unpaired) electrons. The van der Waals surface area contributed by atoms with Gasteiger partial charge in [-0.15, -0.1) is 0 Å². The van der Waals surface area contributed by atoms with Crippen LogP contribution in [0.25, 0.3) is 0 Å². The van der Waals surface area contributed by atoms with Crippen molar-refractivity contribution < 1.29 is 4.74 Å². The van der Waals surface area contributed by atoms with Crippen molar-refractivity contribution in [3.8, 4) is 5.75 Å². The van der Waals surface area contributed by atoms with Crippen molar-refractivity contribution in [1.29, 1.82) is 0 Å². The first-order chi connectivity index (χ1) is 7.31. The van der Waals surface area contributed by atoms with Crippen LogP contribution in [-0.4, -0.2) is 6.61 Å². The van der Waals surface area contributed by atoms with Crippen LogP contribution >= 0.6 is 0 Å². The highest BCUT2D eigenvalue weighted by molar-refractivity contribution is 5.37. The number of rotatable bonds is 6. The molecule has 84 valence electrons. The molecule has 1 rings (SSSR count). The van der Waals surface area contributed by atoms with Crippen molar-refractivity contribution in [2.75, 3.05) is 6.61 Å². The van der Waals surface area contributed by atoms with Crippen molar-refractivity contribution in [3.63, 3.8) is 0 Å². The van der Waals surface area contributed by atoms with Crippen LogP contribution in [0.15, 0.2) is 18.2 Å². The number of unbranched alkanes of at least 4 members (excludes halogenated alkanes) is 1. The van der Waals surface area contributed by atoms with Gasteiger partial charge in [-0.25, -0.2) is 0 Å². The Kier molecular flexibility index (Phi) is 5.23. The van der Waals surface area contributed by atoms with Crippen LogP contribution in [0.1, 0.15) is 44.7 Å². The maximum absolute atomic E-state index is 5.77. The average Bonchev–Trinajstić information content (AvgIpc) is 2.29. The lowest BCUT2D eigenvalue weighted by Crippen LogP contribution is -2.00. The number of aryl methyl sites for hydroxylation is 2. The summed E-state index contributed by atoms with van der Waals surface area (Å²) in [6.07, 6.45) is 4.48. The number of ether oxygens (including phenoxy) is 1. The van der Waals surface area contributed by atoms with Crippen LogP contribution in [0.2, 0.25) is 0 Å². The highest BCUT2D eigenvalue weighted by atomic mass is 16.5.